The summed E-state index contributed by atoms with van der Waals surface area (Å²) in [6.07, 6.45) is 1.73. The molecule has 0 radical (unpaired) electrons. The van der Waals surface area contributed by atoms with Crippen LogP contribution in [0.25, 0.3) is 0 Å². The lowest BCUT2D eigenvalue weighted by atomic mass is 10.1. The standard InChI is InChI=1S/C14H12ClN3OS/c15-11-5-6-12(17-8-11)18-13(19)7-9-1-3-10(4-2-9)14(16)20/h1-6,8H,7H2,(H2,16,20)(H,17,18,19). The highest BCUT2D eigenvalue weighted by Gasteiger charge is 2.05. The molecule has 0 aliphatic heterocycles. The molecule has 0 aliphatic carbocycles. The number of nitrogens with one attached hydrogen (secondary N) is 1. The highest BCUT2D eigenvalue weighted by Crippen LogP contribution is 2.10. The number of nitrogens with two attached hydrogens (primary N) is 1. The number of thiocarbonyl (C=S) groups is 1. The second kappa shape index (κ2) is 6.45. The zero-order valence-corrected chi connectivity index (χ0v) is 12.0. The van der Waals surface area contributed by atoms with E-state index in [1.54, 1.807) is 24.3 Å². The van der Waals surface area contributed by atoms with E-state index in [1.165, 1.54) is 6.20 Å². The van der Waals surface area contributed by atoms with Crippen LogP contribution in [0.1, 0.15) is 11.1 Å². The number of rotatable bonds is 4. The molecule has 0 spiro atoms. The first-order valence-corrected chi connectivity index (χ1v) is 6.63. The van der Waals surface area contributed by atoms with Crippen LogP contribution in [0.2, 0.25) is 5.02 Å². The third kappa shape index (κ3) is 4.01. The van der Waals surface area contributed by atoms with Crippen LogP contribution < -0.4 is 11.1 Å². The SMILES string of the molecule is NC(=S)c1ccc(CC(=O)Nc2ccc(Cl)cn2)cc1. The van der Waals surface area contributed by atoms with E-state index in [-0.39, 0.29) is 12.3 Å². The molecule has 1 aromatic heterocycles. The topological polar surface area (TPSA) is 68.0 Å². The van der Waals surface area contributed by atoms with Crippen molar-refractivity contribution in [3.63, 3.8) is 0 Å². The van der Waals surface area contributed by atoms with Gasteiger partial charge in [-0.25, -0.2) is 4.98 Å². The van der Waals surface area contributed by atoms with Gasteiger partial charge in [-0.15, -0.1) is 0 Å². The number of carbonyl (C=O) groups excluding carboxylic acids is 1. The van der Waals surface area contributed by atoms with E-state index in [1.807, 2.05) is 12.1 Å². The number of anilines is 1. The molecule has 0 fully saturated rings. The van der Waals surface area contributed by atoms with Gasteiger partial charge in [0.1, 0.15) is 10.8 Å². The minimum Gasteiger partial charge on any atom is -0.389 e. The van der Waals surface area contributed by atoms with Crippen LogP contribution in [0.3, 0.4) is 0 Å². The molecule has 1 aromatic carbocycles. The second-order valence-electron chi connectivity index (χ2n) is 4.15. The lowest BCUT2D eigenvalue weighted by Crippen LogP contribution is -2.15. The number of halogens is 1. The summed E-state index contributed by atoms with van der Waals surface area (Å²) in [7, 11) is 0. The average Bonchev–Trinajstić information content (AvgIpc) is 2.42. The van der Waals surface area contributed by atoms with Crippen LogP contribution in [0.5, 0.6) is 0 Å². The quantitative estimate of drug-likeness (QED) is 0.852. The van der Waals surface area contributed by atoms with Crippen LogP contribution >= 0.6 is 23.8 Å². The van der Waals surface area contributed by atoms with Crippen molar-refractivity contribution >= 4 is 40.5 Å². The molecule has 20 heavy (non-hydrogen) atoms. The Morgan fingerprint density at radius 2 is 1.95 bits per heavy atom. The molecule has 2 rings (SSSR count). The molecule has 102 valence electrons. The zero-order valence-electron chi connectivity index (χ0n) is 10.5. The Morgan fingerprint density at radius 3 is 2.50 bits per heavy atom. The molecular weight excluding hydrogens is 294 g/mol. The van der Waals surface area contributed by atoms with E-state index in [2.05, 4.69) is 10.3 Å². The molecule has 6 heteroatoms. The lowest BCUT2D eigenvalue weighted by molar-refractivity contribution is -0.115. The predicted molar refractivity (Wildman–Crippen MR) is 83.9 cm³/mol. The van der Waals surface area contributed by atoms with Crippen molar-refractivity contribution in [1.29, 1.82) is 0 Å². The van der Waals surface area contributed by atoms with Gasteiger partial charge in [0.15, 0.2) is 0 Å². The van der Waals surface area contributed by atoms with Crippen molar-refractivity contribution in [1.82, 2.24) is 4.98 Å². The molecule has 0 saturated carbocycles. The molecule has 4 nitrogen and oxygen atoms in total. The molecule has 0 aliphatic rings. The molecule has 0 bridgehead atoms. The van der Waals surface area contributed by atoms with Crippen molar-refractivity contribution in [2.24, 2.45) is 5.73 Å². The number of hydrogen-bond donors (Lipinski definition) is 2. The maximum Gasteiger partial charge on any atom is 0.229 e. The van der Waals surface area contributed by atoms with Gasteiger partial charge in [-0.1, -0.05) is 48.1 Å². The lowest BCUT2D eigenvalue weighted by Gasteiger charge is -2.05. The maximum absolute atomic E-state index is 11.9. The fraction of sp³-hybridized carbons (Fsp3) is 0.0714. The Hall–Kier alpha value is -1.98. The first-order valence-electron chi connectivity index (χ1n) is 5.85. The summed E-state index contributed by atoms with van der Waals surface area (Å²) in [5.41, 5.74) is 7.17. The summed E-state index contributed by atoms with van der Waals surface area (Å²) in [6.45, 7) is 0. The van der Waals surface area contributed by atoms with Gasteiger partial charge in [-0.2, -0.15) is 0 Å². The fourth-order valence-corrected chi connectivity index (χ4v) is 1.86. The summed E-state index contributed by atoms with van der Waals surface area (Å²) in [5, 5.41) is 3.22. The van der Waals surface area contributed by atoms with Gasteiger partial charge in [0, 0.05) is 11.8 Å². The van der Waals surface area contributed by atoms with Crippen molar-refractivity contribution in [3.05, 3.63) is 58.7 Å². The monoisotopic (exact) mass is 305 g/mol. The number of amides is 1. The minimum absolute atomic E-state index is 0.150. The Labute approximate surface area is 127 Å². The molecule has 2 aromatic rings. The molecule has 0 unspecified atom stereocenters. The number of carbonyl (C=O) groups is 1. The van der Waals surface area contributed by atoms with Gasteiger partial charge in [0.05, 0.1) is 11.4 Å². The molecule has 3 N–H and O–H groups in total. The molecule has 0 saturated heterocycles. The first-order chi connectivity index (χ1) is 9.54. The minimum atomic E-state index is -0.150. The van der Waals surface area contributed by atoms with Crippen molar-refractivity contribution < 1.29 is 4.79 Å². The van der Waals surface area contributed by atoms with Gasteiger partial charge >= 0.3 is 0 Å². The van der Waals surface area contributed by atoms with E-state index >= 15 is 0 Å². The summed E-state index contributed by atoms with van der Waals surface area (Å²) < 4.78 is 0. The van der Waals surface area contributed by atoms with E-state index in [0.717, 1.165) is 11.1 Å². The van der Waals surface area contributed by atoms with Crippen LogP contribution in [-0.4, -0.2) is 15.9 Å². The van der Waals surface area contributed by atoms with Gasteiger partial charge in [0.25, 0.3) is 0 Å². The molecule has 0 atom stereocenters. The molecular formula is C14H12ClN3OS. The fourth-order valence-electron chi connectivity index (χ4n) is 1.61. The molecule has 1 heterocycles. The Bertz CT molecular complexity index is 626. The number of pyridine rings is 1. The summed E-state index contributed by atoms with van der Waals surface area (Å²) in [6, 6.07) is 10.6. The number of nitrogens with zero attached hydrogens (tertiary/aromatic N) is 1. The third-order valence-corrected chi connectivity index (χ3v) is 3.06. The van der Waals surface area contributed by atoms with Crippen LogP contribution in [0.4, 0.5) is 5.82 Å². The second-order valence-corrected chi connectivity index (χ2v) is 5.02. The van der Waals surface area contributed by atoms with Crippen molar-refractivity contribution in [3.8, 4) is 0 Å². The van der Waals surface area contributed by atoms with E-state index in [0.29, 0.717) is 15.8 Å². The summed E-state index contributed by atoms with van der Waals surface area (Å²) >= 11 is 10.6. The first kappa shape index (κ1) is 14.4. The average molecular weight is 306 g/mol. The Kier molecular flexibility index (Phi) is 4.65. The normalized spacial score (nSPS) is 10.1. The van der Waals surface area contributed by atoms with Crippen LogP contribution in [-0.2, 0) is 11.2 Å². The highest BCUT2D eigenvalue weighted by atomic mass is 35.5. The number of benzene rings is 1. The van der Waals surface area contributed by atoms with Gasteiger partial charge < -0.3 is 11.1 Å². The van der Waals surface area contributed by atoms with Crippen LogP contribution in [0.15, 0.2) is 42.6 Å². The summed E-state index contributed by atoms with van der Waals surface area (Å²) in [5.74, 6) is 0.321. The van der Waals surface area contributed by atoms with E-state index in [4.69, 9.17) is 29.6 Å². The third-order valence-electron chi connectivity index (χ3n) is 2.60. The van der Waals surface area contributed by atoms with Crippen LogP contribution in [0, 0.1) is 0 Å². The van der Waals surface area contributed by atoms with E-state index < -0.39 is 0 Å². The summed E-state index contributed by atoms with van der Waals surface area (Å²) in [4.78, 5) is 16.2. The number of aromatic nitrogens is 1. The van der Waals surface area contributed by atoms with E-state index in [9.17, 15) is 4.79 Å². The van der Waals surface area contributed by atoms with Gasteiger partial charge in [0.2, 0.25) is 5.91 Å². The maximum atomic E-state index is 11.9. The number of hydrogen-bond acceptors (Lipinski definition) is 3. The molecule has 1 amide bonds. The van der Waals surface area contributed by atoms with Gasteiger partial charge in [-0.3, -0.25) is 4.79 Å². The zero-order chi connectivity index (χ0) is 14.5. The van der Waals surface area contributed by atoms with Crippen molar-refractivity contribution in [2.45, 2.75) is 6.42 Å². The largest absolute Gasteiger partial charge is 0.389 e. The highest BCUT2D eigenvalue weighted by molar-refractivity contribution is 7.80. The Morgan fingerprint density at radius 1 is 1.25 bits per heavy atom. The predicted octanol–water partition coefficient (Wildman–Crippen LogP) is 2.55. The van der Waals surface area contributed by atoms with Gasteiger partial charge in [-0.05, 0) is 17.7 Å². The smallest absolute Gasteiger partial charge is 0.229 e. The Balaban J connectivity index is 1.97. The van der Waals surface area contributed by atoms with Crippen molar-refractivity contribution in [2.75, 3.05) is 5.32 Å².